The van der Waals surface area contributed by atoms with Gasteiger partial charge in [-0.15, -0.1) is 0 Å². The largest absolute Gasteiger partial charge is 1.00 e. The second-order valence-corrected chi connectivity index (χ2v) is 7.01. The molecule has 28 heavy (non-hydrogen) atoms. The van der Waals surface area contributed by atoms with E-state index in [9.17, 15) is 22.6 Å². The van der Waals surface area contributed by atoms with Crippen LogP contribution >= 0.6 is 0 Å². The van der Waals surface area contributed by atoms with Crippen molar-refractivity contribution in [2.75, 3.05) is 6.54 Å². The summed E-state index contributed by atoms with van der Waals surface area (Å²) in [5, 5.41) is 19.8. The third-order valence-corrected chi connectivity index (χ3v) is 4.70. The second-order valence-electron chi connectivity index (χ2n) is 6.05. The Hall–Kier alpha value is -2.01. The summed E-state index contributed by atoms with van der Waals surface area (Å²) in [4.78, 5) is 25.7. The molecule has 1 aromatic rings. The molecule has 3 amide bonds. The van der Waals surface area contributed by atoms with Crippen molar-refractivity contribution in [1.82, 2.24) is 15.3 Å². The number of amides is 3. The van der Waals surface area contributed by atoms with E-state index in [1.807, 2.05) is 6.07 Å². The van der Waals surface area contributed by atoms with Crippen LogP contribution in [-0.4, -0.2) is 59.3 Å². The first kappa shape index (κ1) is 22.3. The SMILES string of the molecule is N#Cc1ccc(C(=O)NC(=N)[C@@H]2CC[C@@H]3CN2C(=O)N3OS(=O)(=O)[O-])cc1.[Na+]. The van der Waals surface area contributed by atoms with Crippen LogP contribution in [0.25, 0.3) is 0 Å². The first-order chi connectivity index (χ1) is 12.7. The number of rotatable bonds is 4. The fraction of sp³-hybridized carbons (Fsp3) is 0.333. The van der Waals surface area contributed by atoms with E-state index < -0.39 is 34.4 Å². The molecule has 0 saturated carbocycles. The third-order valence-electron chi connectivity index (χ3n) is 4.35. The number of hydroxylamine groups is 2. The van der Waals surface area contributed by atoms with Gasteiger partial charge in [-0.05, 0) is 37.1 Å². The molecule has 2 aliphatic heterocycles. The minimum Gasteiger partial charge on any atom is -0.724 e. The molecule has 0 spiro atoms. The number of benzene rings is 1. The molecule has 2 N–H and O–H groups in total. The van der Waals surface area contributed by atoms with Crippen molar-refractivity contribution in [3.8, 4) is 6.07 Å². The molecular formula is C15H14N5NaO6S. The fourth-order valence-corrected chi connectivity index (χ4v) is 3.48. The number of nitriles is 1. The summed E-state index contributed by atoms with van der Waals surface area (Å²) in [6.45, 7) is 0.0775. The Morgan fingerprint density at radius 3 is 2.54 bits per heavy atom. The normalized spacial score (nSPS) is 20.9. The molecule has 0 aromatic heterocycles. The van der Waals surface area contributed by atoms with Crippen molar-refractivity contribution in [2.45, 2.75) is 24.9 Å². The van der Waals surface area contributed by atoms with Crippen LogP contribution < -0.4 is 34.9 Å². The Labute approximate surface area is 182 Å². The van der Waals surface area contributed by atoms with Crippen LogP contribution in [0.1, 0.15) is 28.8 Å². The van der Waals surface area contributed by atoms with Crippen molar-refractivity contribution in [2.24, 2.45) is 0 Å². The summed E-state index contributed by atoms with van der Waals surface area (Å²) in [5.74, 6) is -0.809. The maximum Gasteiger partial charge on any atom is 1.00 e. The molecule has 3 rings (SSSR count). The Bertz CT molecular complexity index is 945. The van der Waals surface area contributed by atoms with Gasteiger partial charge in [-0.2, -0.15) is 14.6 Å². The van der Waals surface area contributed by atoms with Crippen molar-refractivity contribution in [1.29, 1.82) is 10.7 Å². The smallest absolute Gasteiger partial charge is 0.724 e. The summed E-state index contributed by atoms with van der Waals surface area (Å²) in [6.07, 6.45) is 0.596. The summed E-state index contributed by atoms with van der Waals surface area (Å²) in [7, 11) is -5.10. The predicted molar refractivity (Wildman–Crippen MR) is 87.9 cm³/mol. The molecule has 142 valence electrons. The van der Waals surface area contributed by atoms with E-state index in [1.165, 1.54) is 29.2 Å². The first-order valence-electron chi connectivity index (χ1n) is 7.85. The zero-order valence-corrected chi connectivity index (χ0v) is 17.6. The van der Waals surface area contributed by atoms with Gasteiger partial charge in [-0.1, -0.05) is 0 Å². The Balaban J connectivity index is 0.00000280. The molecule has 2 atom stereocenters. The van der Waals surface area contributed by atoms with Gasteiger partial charge in [-0.3, -0.25) is 10.2 Å². The van der Waals surface area contributed by atoms with Crippen molar-refractivity contribution < 1.29 is 56.4 Å². The van der Waals surface area contributed by atoms with E-state index in [4.69, 9.17) is 10.7 Å². The zero-order valence-electron chi connectivity index (χ0n) is 14.8. The number of hydrogen-bond donors (Lipinski definition) is 2. The quantitative estimate of drug-likeness (QED) is 0.173. The van der Waals surface area contributed by atoms with Gasteiger partial charge in [0, 0.05) is 12.1 Å². The number of carbonyl (C=O) groups excluding carboxylic acids is 2. The molecule has 0 radical (unpaired) electrons. The number of urea groups is 1. The van der Waals surface area contributed by atoms with Crippen molar-refractivity contribution >= 4 is 28.2 Å². The first-order valence-corrected chi connectivity index (χ1v) is 9.18. The monoisotopic (exact) mass is 415 g/mol. The fourth-order valence-electron chi connectivity index (χ4n) is 3.10. The van der Waals surface area contributed by atoms with Gasteiger partial charge in [0.1, 0.15) is 5.84 Å². The van der Waals surface area contributed by atoms with Crippen LogP contribution in [0.15, 0.2) is 24.3 Å². The molecule has 2 aliphatic rings. The van der Waals surface area contributed by atoms with Gasteiger partial charge < -0.3 is 14.8 Å². The van der Waals surface area contributed by atoms with Gasteiger partial charge in [-0.25, -0.2) is 13.2 Å². The third kappa shape index (κ3) is 4.69. The van der Waals surface area contributed by atoms with Crippen LogP contribution in [0, 0.1) is 16.7 Å². The minimum atomic E-state index is -5.10. The van der Waals surface area contributed by atoms with Gasteiger partial charge in [0.15, 0.2) is 0 Å². The molecule has 0 aliphatic carbocycles. The van der Waals surface area contributed by atoms with Gasteiger partial charge >= 0.3 is 35.6 Å². The average molecular weight is 415 g/mol. The second kappa shape index (κ2) is 8.56. The van der Waals surface area contributed by atoms with E-state index in [0.29, 0.717) is 23.5 Å². The van der Waals surface area contributed by atoms with Crippen LogP contribution in [0.5, 0.6) is 0 Å². The molecule has 11 nitrogen and oxygen atoms in total. The van der Waals surface area contributed by atoms with Crippen LogP contribution in [0.2, 0.25) is 0 Å². The summed E-state index contributed by atoms with van der Waals surface area (Å²) in [6, 6.07) is 5.50. The minimum absolute atomic E-state index is 0. The molecule has 2 bridgehead atoms. The summed E-state index contributed by atoms with van der Waals surface area (Å²) >= 11 is 0. The van der Waals surface area contributed by atoms with Crippen molar-refractivity contribution in [3.63, 3.8) is 0 Å². The van der Waals surface area contributed by atoms with Crippen LogP contribution in [-0.2, 0) is 14.7 Å². The Morgan fingerprint density at radius 2 is 1.96 bits per heavy atom. The summed E-state index contributed by atoms with van der Waals surface area (Å²) in [5.41, 5.74) is 0.624. The molecule has 0 unspecified atom stereocenters. The number of nitrogens with one attached hydrogen (secondary N) is 2. The average Bonchev–Trinajstić information content (AvgIpc) is 2.85. The topological polar surface area (TPSA) is 167 Å². The van der Waals surface area contributed by atoms with E-state index in [2.05, 4.69) is 9.60 Å². The standard InChI is InChI=1S/C15H15N5O6S.Na/c16-7-9-1-3-10(4-2-9)14(21)18-13(17)12-6-5-11-8-19(12)15(22)20(11)26-27(23,24)25;/h1-4,11-12H,5-6,8H2,(H2,17,18,21)(H,23,24,25);/q;+1/p-1/t11-,12+;/m1./s1. The molecule has 2 heterocycles. The summed E-state index contributed by atoms with van der Waals surface area (Å²) < 4.78 is 36.5. The Morgan fingerprint density at radius 1 is 1.32 bits per heavy atom. The number of nitrogens with zero attached hydrogens (tertiary/aromatic N) is 3. The van der Waals surface area contributed by atoms with Gasteiger partial charge in [0.25, 0.3) is 5.91 Å². The number of piperidine rings is 1. The molecule has 1 aromatic carbocycles. The van der Waals surface area contributed by atoms with Crippen LogP contribution in [0.4, 0.5) is 4.79 Å². The van der Waals surface area contributed by atoms with Crippen LogP contribution in [0.3, 0.4) is 0 Å². The molecule has 2 fully saturated rings. The molecule has 2 saturated heterocycles. The predicted octanol–water partition coefficient (Wildman–Crippen LogP) is -3.07. The van der Waals surface area contributed by atoms with Gasteiger partial charge in [0.2, 0.25) is 10.4 Å². The number of carbonyl (C=O) groups is 2. The zero-order chi connectivity index (χ0) is 19.8. The maximum absolute atomic E-state index is 12.3. The maximum atomic E-state index is 12.3. The number of hydrogen-bond acceptors (Lipinski definition) is 8. The van der Waals surface area contributed by atoms with Gasteiger partial charge in [0.05, 0.1) is 23.7 Å². The van der Waals surface area contributed by atoms with E-state index in [1.54, 1.807) is 0 Å². The molecular weight excluding hydrogens is 401 g/mol. The number of fused-ring (bicyclic) bond motifs is 2. The number of amidine groups is 1. The van der Waals surface area contributed by atoms with E-state index in [-0.39, 0.29) is 47.5 Å². The van der Waals surface area contributed by atoms with E-state index in [0.717, 1.165) is 0 Å². The molecule has 13 heteroatoms. The van der Waals surface area contributed by atoms with Crippen molar-refractivity contribution in [3.05, 3.63) is 35.4 Å². The van der Waals surface area contributed by atoms with E-state index >= 15 is 0 Å². The Kier molecular flexibility index (Phi) is 6.81.